The zero-order valence-corrected chi connectivity index (χ0v) is 8.84. The molecule has 6 heteroatoms. The van der Waals surface area contributed by atoms with Crippen molar-refractivity contribution in [2.24, 2.45) is 0 Å². The van der Waals surface area contributed by atoms with E-state index in [9.17, 15) is 0 Å². The summed E-state index contributed by atoms with van der Waals surface area (Å²) in [6.07, 6.45) is 11.4. The summed E-state index contributed by atoms with van der Waals surface area (Å²) < 4.78 is 1.96. The van der Waals surface area contributed by atoms with Gasteiger partial charge >= 0.3 is 0 Å². The summed E-state index contributed by atoms with van der Waals surface area (Å²) in [4.78, 5) is 10.8. The first-order valence-corrected chi connectivity index (χ1v) is 5.69. The second-order valence-corrected chi connectivity index (χ2v) is 4.18. The van der Waals surface area contributed by atoms with Crippen LogP contribution in [0, 0.1) is 0 Å². The maximum atomic E-state index is 5.42. The second-order valence-electron chi connectivity index (χ2n) is 3.21. The third-order valence-electron chi connectivity index (χ3n) is 2.25. The van der Waals surface area contributed by atoms with Crippen molar-refractivity contribution in [3.05, 3.63) is 37.0 Å². The molecule has 3 aliphatic heterocycles. The number of hydrazine groups is 1. The molecule has 0 saturated carbocycles. The Hall–Kier alpha value is -1.11. The zero-order valence-electron chi connectivity index (χ0n) is 8.02. The summed E-state index contributed by atoms with van der Waals surface area (Å²) in [5.41, 5.74) is 0. The van der Waals surface area contributed by atoms with Crippen LogP contribution >= 0.6 is 11.9 Å². The van der Waals surface area contributed by atoms with Crippen LogP contribution in [0.5, 0.6) is 0 Å². The lowest BCUT2D eigenvalue weighted by atomic mass is 10.4. The van der Waals surface area contributed by atoms with Crippen molar-refractivity contribution >= 4 is 11.9 Å². The third kappa shape index (κ3) is 1.60. The fourth-order valence-electron chi connectivity index (χ4n) is 1.57. The lowest BCUT2D eigenvalue weighted by Crippen LogP contribution is -2.46. The summed E-state index contributed by atoms with van der Waals surface area (Å²) in [5, 5.41) is 3.62. The Morgan fingerprint density at radius 3 is 2.93 bits per heavy atom. The zero-order chi connectivity index (χ0) is 10.1. The van der Waals surface area contributed by atoms with Gasteiger partial charge in [0, 0.05) is 12.0 Å². The largest absolute Gasteiger partial charge is 0.412 e. The highest BCUT2D eigenvalue weighted by atomic mass is 32.2. The molecule has 0 N–H and O–H groups in total. The van der Waals surface area contributed by atoms with E-state index in [4.69, 9.17) is 9.68 Å². The second kappa shape index (κ2) is 3.80. The molecule has 80 valence electrons. The SMILES string of the molecule is C1=CN(N2OC=CC2N2CC=CO2)SC1. The highest BCUT2D eigenvalue weighted by Crippen LogP contribution is 2.28. The van der Waals surface area contributed by atoms with Gasteiger partial charge in [-0.1, -0.05) is 6.08 Å². The number of hydrogen-bond donors (Lipinski definition) is 0. The van der Waals surface area contributed by atoms with Crippen molar-refractivity contribution in [3.8, 4) is 0 Å². The quantitative estimate of drug-likeness (QED) is 0.656. The Bertz CT molecular complexity index is 323. The highest BCUT2D eigenvalue weighted by Gasteiger charge is 2.34. The molecule has 0 bridgehead atoms. The molecule has 15 heavy (non-hydrogen) atoms. The van der Waals surface area contributed by atoms with E-state index in [1.54, 1.807) is 29.6 Å². The molecular formula is C9H11N3O2S. The van der Waals surface area contributed by atoms with E-state index in [-0.39, 0.29) is 6.17 Å². The summed E-state index contributed by atoms with van der Waals surface area (Å²) in [6, 6.07) is 0. The minimum atomic E-state index is -0.00440. The Kier molecular flexibility index (Phi) is 2.32. The van der Waals surface area contributed by atoms with Crippen LogP contribution in [0.4, 0.5) is 0 Å². The van der Waals surface area contributed by atoms with E-state index >= 15 is 0 Å². The lowest BCUT2D eigenvalue weighted by Gasteiger charge is -2.32. The topological polar surface area (TPSA) is 28.2 Å². The first kappa shape index (κ1) is 9.14. The van der Waals surface area contributed by atoms with Crippen molar-refractivity contribution in [3.63, 3.8) is 0 Å². The van der Waals surface area contributed by atoms with E-state index in [1.807, 2.05) is 27.8 Å². The molecule has 0 radical (unpaired) electrons. The van der Waals surface area contributed by atoms with Crippen LogP contribution < -0.4 is 0 Å². The summed E-state index contributed by atoms with van der Waals surface area (Å²) in [5.74, 6) is 0.978. The number of nitrogens with zero attached hydrogens (tertiary/aromatic N) is 3. The molecule has 3 rings (SSSR count). The molecule has 1 unspecified atom stereocenters. The van der Waals surface area contributed by atoms with Gasteiger partial charge in [-0.25, -0.2) is 4.41 Å². The van der Waals surface area contributed by atoms with E-state index in [2.05, 4.69) is 6.08 Å². The Morgan fingerprint density at radius 1 is 1.20 bits per heavy atom. The van der Waals surface area contributed by atoms with E-state index < -0.39 is 0 Å². The first-order valence-electron chi connectivity index (χ1n) is 4.75. The molecular weight excluding hydrogens is 214 g/mol. The van der Waals surface area contributed by atoms with Gasteiger partial charge in [-0.2, -0.15) is 0 Å². The molecule has 0 aromatic carbocycles. The van der Waals surface area contributed by atoms with E-state index in [1.165, 1.54) is 0 Å². The van der Waals surface area contributed by atoms with Crippen LogP contribution in [-0.4, -0.2) is 33.1 Å². The third-order valence-corrected chi connectivity index (χ3v) is 3.14. The van der Waals surface area contributed by atoms with Gasteiger partial charge in [0.1, 0.15) is 12.5 Å². The van der Waals surface area contributed by atoms with Crippen LogP contribution in [0.25, 0.3) is 0 Å². The van der Waals surface area contributed by atoms with Crippen LogP contribution in [0.1, 0.15) is 0 Å². The molecule has 0 aliphatic carbocycles. The molecule has 5 nitrogen and oxygen atoms in total. The monoisotopic (exact) mass is 225 g/mol. The van der Waals surface area contributed by atoms with Crippen LogP contribution in [0.2, 0.25) is 0 Å². The van der Waals surface area contributed by atoms with Gasteiger partial charge in [0.05, 0.1) is 6.54 Å². The van der Waals surface area contributed by atoms with Crippen molar-refractivity contribution in [2.45, 2.75) is 6.17 Å². The number of hydrogen-bond acceptors (Lipinski definition) is 6. The smallest absolute Gasteiger partial charge is 0.176 e. The number of rotatable bonds is 2. The van der Waals surface area contributed by atoms with Gasteiger partial charge < -0.3 is 9.68 Å². The molecule has 3 aliphatic rings. The Labute approximate surface area is 92.2 Å². The van der Waals surface area contributed by atoms with Gasteiger partial charge in [0.25, 0.3) is 0 Å². The summed E-state index contributed by atoms with van der Waals surface area (Å²) in [7, 11) is 0. The average Bonchev–Trinajstić information content (AvgIpc) is 3.01. The van der Waals surface area contributed by atoms with Gasteiger partial charge in [-0.15, -0.1) is 5.06 Å². The Balaban J connectivity index is 1.70. The van der Waals surface area contributed by atoms with Gasteiger partial charge in [0.15, 0.2) is 6.17 Å². The summed E-state index contributed by atoms with van der Waals surface area (Å²) >= 11 is 1.68. The van der Waals surface area contributed by atoms with Crippen molar-refractivity contribution in [1.29, 1.82) is 0 Å². The van der Waals surface area contributed by atoms with Crippen LogP contribution in [-0.2, 0) is 9.68 Å². The predicted octanol–water partition coefficient (Wildman–Crippen LogP) is 1.23. The molecule has 0 fully saturated rings. The maximum absolute atomic E-state index is 5.42. The molecule has 0 spiro atoms. The van der Waals surface area contributed by atoms with Gasteiger partial charge in [0.2, 0.25) is 0 Å². The fourth-order valence-corrected chi connectivity index (χ4v) is 2.32. The highest BCUT2D eigenvalue weighted by molar-refractivity contribution is 7.97. The minimum absolute atomic E-state index is 0.00440. The fraction of sp³-hybridized carbons (Fsp3) is 0.333. The summed E-state index contributed by atoms with van der Waals surface area (Å²) in [6.45, 7) is 0.775. The van der Waals surface area contributed by atoms with Crippen molar-refractivity contribution < 1.29 is 9.68 Å². The van der Waals surface area contributed by atoms with E-state index in [0.717, 1.165) is 12.3 Å². The first-order chi connectivity index (χ1) is 7.45. The van der Waals surface area contributed by atoms with Gasteiger partial charge in [-0.05, 0) is 29.3 Å². The molecule has 1 atom stereocenters. The molecule has 0 amide bonds. The maximum Gasteiger partial charge on any atom is 0.176 e. The molecule has 3 heterocycles. The van der Waals surface area contributed by atoms with E-state index in [0.29, 0.717) is 0 Å². The molecule has 0 aromatic heterocycles. The Morgan fingerprint density at radius 2 is 2.20 bits per heavy atom. The number of hydroxylamine groups is 3. The minimum Gasteiger partial charge on any atom is -0.412 e. The average molecular weight is 225 g/mol. The standard InChI is InChI=1S/C9H11N3O2S/c1-4-10(13-6-1)9-3-7-14-12(9)11-5-2-8-15-11/h1-3,5-7,9H,4,8H2. The van der Waals surface area contributed by atoms with Crippen LogP contribution in [0.3, 0.4) is 0 Å². The van der Waals surface area contributed by atoms with Crippen molar-refractivity contribution in [1.82, 2.24) is 14.6 Å². The van der Waals surface area contributed by atoms with Gasteiger partial charge in [-0.3, -0.25) is 0 Å². The van der Waals surface area contributed by atoms with Crippen LogP contribution in [0.15, 0.2) is 37.0 Å². The molecule has 0 saturated heterocycles. The molecule has 0 aromatic rings. The normalized spacial score (nSPS) is 30.1. The lowest BCUT2D eigenvalue weighted by molar-refractivity contribution is -0.265. The van der Waals surface area contributed by atoms with Crippen molar-refractivity contribution in [2.75, 3.05) is 12.3 Å². The predicted molar refractivity (Wildman–Crippen MR) is 56.2 cm³/mol.